The van der Waals surface area contributed by atoms with Gasteiger partial charge in [0.05, 0.1) is 0 Å². The molecule has 6 aliphatic carbocycles. The summed E-state index contributed by atoms with van der Waals surface area (Å²) >= 11 is 0. The molecule has 7 aromatic rings. The van der Waals surface area contributed by atoms with Crippen LogP contribution in [0.3, 0.4) is 0 Å². The van der Waals surface area contributed by atoms with Crippen molar-refractivity contribution in [1.29, 1.82) is 0 Å². The van der Waals surface area contributed by atoms with Crippen LogP contribution in [0.2, 0.25) is 0 Å². The number of nitrogens with zero attached hydrogens (tertiary/aromatic N) is 1. The zero-order chi connectivity index (χ0) is 39.7. The van der Waals surface area contributed by atoms with Crippen LogP contribution in [0.25, 0.3) is 44.2 Å². The van der Waals surface area contributed by atoms with Crippen molar-refractivity contribution in [3.8, 4) is 33.4 Å². The minimum atomic E-state index is 0.120. The molecule has 0 N–H and O–H groups in total. The molecule has 1 spiro atoms. The fourth-order valence-corrected chi connectivity index (χ4v) is 13.6. The summed E-state index contributed by atoms with van der Waals surface area (Å²) in [6, 6.07) is 58.4. The van der Waals surface area contributed by atoms with Gasteiger partial charge in [-0.05, 0) is 188 Å². The van der Waals surface area contributed by atoms with Crippen LogP contribution < -0.4 is 4.90 Å². The Morgan fingerprint density at radius 2 is 0.966 bits per heavy atom. The second kappa shape index (κ2) is 12.8. The van der Waals surface area contributed by atoms with E-state index in [0.717, 1.165) is 23.7 Å². The molecule has 292 valence electrons. The highest BCUT2D eigenvalue weighted by Gasteiger charge is 2.61. The van der Waals surface area contributed by atoms with Crippen molar-refractivity contribution in [1.82, 2.24) is 0 Å². The van der Waals surface area contributed by atoms with Crippen LogP contribution in [0.4, 0.5) is 17.1 Å². The van der Waals surface area contributed by atoms with Crippen molar-refractivity contribution in [2.45, 2.75) is 88.9 Å². The molecule has 4 fully saturated rings. The molecule has 0 atom stereocenters. The van der Waals surface area contributed by atoms with Crippen molar-refractivity contribution in [2.24, 2.45) is 23.7 Å². The summed E-state index contributed by atoms with van der Waals surface area (Å²) in [5, 5.41) is 2.55. The summed E-state index contributed by atoms with van der Waals surface area (Å²) < 4.78 is 0. The third-order valence-corrected chi connectivity index (χ3v) is 16.3. The fourth-order valence-electron chi connectivity index (χ4n) is 13.6. The first kappa shape index (κ1) is 35.5. The van der Waals surface area contributed by atoms with E-state index in [9.17, 15) is 0 Å². The standard InChI is InChI=1S/C58H55N/c1-56(2)28-29-57(3,4)54-36-48(26-27-52(54)56)59(46-22-18-40(19-23-46)43-17-16-39-10-5-6-11-42(39)35-43)47-24-20-41(21-25-47)49-13-9-15-53-55(49)50-12-7-8-14-51(50)58(53)44-31-37-30-38(33-44)34-45(58)32-37/h5-27,35-38,44-45H,28-34H2,1-4H3. The lowest BCUT2D eigenvalue weighted by Gasteiger charge is -2.61. The molecule has 0 amide bonds. The highest BCUT2D eigenvalue weighted by molar-refractivity contribution is 5.94. The molecule has 0 aromatic heterocycles. The maximum absolute atomic E-state index is 2.53. The van der Waals surface area contributed by atoms with Gasteiger partial charge in [-0.25, -0.2) is 0 Å². The lowest BCUT2D eigenvalue weighted by molar-refractivity contribution is -0.0399. The molecule has 4 bridgehead atoms. The SMILES string of the molecule is CC1(C)CCC(C)(C)c2cc(N(c3ccc(-c4ccc5ccccc5c4)cc3)c3ccc(-c4cccc5c4-c4ccccc4C54C5CC6CC(C5)CC4C6)cc3)ccc21. The van der Waals surface area contributed by atoms with E-state index in [-0.39, 0.29) is 16.2 Å². The lowest BCUT2D eigenvalue weighted by Crippen LogP contribution is -2.55. The van der Waals surface area contributed by atoms with Crippen molar-refractivity contribution in [3.63, 3.8) is 0 Å². The van der Waals surface area contributed by atoms with Gasteiger partial charge in [-0.15, -0.1) is 0 Å². The van der Waals surface area contributed by atoms with Gasteiger partial charge in [0.15, 0.2) is 0 Å². The van der Waals surface area contributed by atoms with Gasteiger partial charge in [-0.2, -0.15) is 0 Å². The maximum atomic E-state index is 2.53. The summed E-state index contributed by atoms with van der Waals surface area (Å²) in [5.41, 5.74) is 18.5. The van der Waals surface area contributed by atoms with Gasteiger partial charge in [0.25, 0.3) is 0 Å². The number of hydrogen-bond acceptors (Lipinski definition) is 1. The van der Waals surface area contributed by atoms with Crippen LogP contribution in [0.1, 0.15) is 94.9 Å². The van der Waals surface area contributed by atoms with E-state index in [2.05, 4.69) is 184 Å². The fraction of sp³-hybridized carbons (Fsp3) is 0.310. The summed E-state index contributed by atoms with van der Waals surface area (Å²) in [5.74, 6) is 3.43. The van der Waals surface area contributed by atoms with Gasteiger partial charge in [0.1, 0.15) is 0 Å². The van der Waals surface area contributed by atoms with Gasteiger partial charge in [-0.3, -0.25) is 0 Å². The molecular formula is C58H55N. The van der Waals surface area contributed by atoms with Crippen molar-refractivity contribution >= 4 is 27.8 Å². The molecule has 1 heteroatoms. The molecule has 1 nitrogen and oxygen atoms in total. The monoisotopic (exact) mass is 765 g/mol. The van der Waals surface area contributed by atoms with Crippen LogP contribution in [-0.4, -0.2) is 0 Å². The average Bonchev–Trinajstić information content (AvgIpc) is 3.56. The predicted octanol–water partition coefficient (Wildman–Crippen LogP) is 15.7. The van der Waals surface area contributed by atoms with Crippen molar-refractivity contribution in [3.05, 3.63) is 174 Å². The molecule has 0 radical (unpaired) electrons. The molecular weight excluding hydrogens is 711 g/mol. The van der Waals surface area contributed by atoms with Gasteiger partial charge in [0, 0.05) is 22.5 Å². The van der Waals surface area contributed by atoms with Gasteiger partial charge in [-0.1, -0.05) is 137 Å². The zero-order valence-electron chi connectivity index (χ0n) is 35.1. The largest absolute Gasteiger partial charge is 0.310 e. The van der Waals surface area contributed by atoms with E-state index in [1.54, 1.807) is 11.1 Å². The molecule has 0 unspecified atom stereocenters. The smallest absolute Gasteiger partial charge is 0.0464 e. The predicted molar refractivity (Wildman–Crippen MR) is 248 cm³/mol. The lowest BCUT2D eigenvalue weighted by atomic mass is 9.43. The number of hydrogen-bond donors (Lipinski definition) is 0. The number of fused-ring (bicyclic) bond motifs is 5. The van der Waals surface area contributed by atoms with Crippen LogP contribution in [-0.2, 0) is 16.2 Å². The number of anilines is 3. The minimum absolute atomic E-state index is 0.120. The third kappa shape index (κ3) is 5.29. The second-order valence-electron chi connectivity index (χ2n) is 20.4. The second-order valence-corrected chi connectivity index (χ2v) is 20.4. The Balaban J connectivity index is 0.966. The normalized spacial score (nSPS) is 25.2. The molecule has 4 saturated carbocycles. The van der Waals surface area contributed by atoms with Gasteiger partial charge >= 0.3 is 0 Å². The highest BCUT2D eigenvalue weighted by atomic mass is 15.1. The summed E-state index contributed by atoms with van der Waals surface area (Å²) in [4.78, 5) is 2.49. The highest BCUT2D eigenvalue weighted by Crippen LogP contribution is 2.70. The van der Waals surface area contributed by atoms with Gasteiger partial charge in [0.2, 0.25) is 0 Å². The van der Waals surface area contributed by atoms with Crippen molar-refractivity contribution < 1.29 is 0 Å². The molecule has 6 aliphatic rings. The van der Waals surface area contributed by atoms with Gasteiger partial charge < -0.3 is 4.90 Å². The van der Waals surface area contributed by atoms with Crippen LogP contribution in [0.5, 0.6) is 0 Å². The van der Waals surface area contributed by atoms with E-state index in [1.165, 1.54) is 117 Å². The van der Waals surface area contributed by atoms with Crippen LogP contribution >= 0.6 is 0 Å². The first-order valence-corrected chi connectivity index (χ1v) is 22.6. The van der Waals surface area contributed by atoms with E-state index < -0.39 is 0 Å². The quantitative estimate of drug-likeness (QED) is 0.169. The Bertz CT molecular complexity index is 2750. The number of benzene rings is 7. The van der Waals surface area contributed by atoms with Crippen LogP contribution in [0, 0.1) is 23.7 Å². The van der Waals surface area contributed by atoms with E-state index >= 15 is 0 Å². The van der Waals surface area contributed by atoms with E-state index in [0.29, 0.717) is 0 Å². The molecule has 0 aliphatic heterocycles. The topological polar surface area (TPSA) is 3.24 Å². The Morgan fingerprint density at radius 1 is 0.407 bits per heavy atom. The first-order chi connectivity index (χ1) is 28.7. The Kier molecular flexibility index (Phi) is 7.71. The summed E-state index contributed by atoms with van der Waals surface area (Å²) in [6.45, 7) is 9.72. The first-order valence-electron chi connectivity index (χ1n) is 22.6. The average molecular weight is 766 g/mol. The molecule has 59 heavy (non-hydrogen) atoms. The zero-order valence-corrected chi connectivity index (χ0v) is 35.1. The molecule has 7 aromatic carbocycles. The molecule has 13 rings (SSSR count). The maximum Gasteiger partial charge on any atom is 0.0464 e. The van der Waals surface area contributed by atoms with Crippen LogP contribution in [0.15, 0.2) is 152 Å². The van der Waals surface area contributed by atoms with E-state index in [4.69, 9.17) is 0 Å². The third-order valence-electron chi connectivity index (χ3n) is 16.3. The Morgan fingerprint density at radius 3 is 1.68 bits per heavy atom. The number of rotatable bonds is 5. The van der Waals surface area contributed by atoms with E-state index in [1.807, 2.05) is 0 Å². The summed E-state index contributed by atoms with van der Waals surface area (Å²) in [7, 11) is 0. The minimum Gasteiger partial charge on any atom is -0.310 e. The molecule has 0 heterocycles. The molecule has 0 saturated heterocycles. The Hall–Kier alpha value is -5.40. The van der Waals surface area contributed by atoms with Crippen molar-refractivity contribution in [2.75, 3.05) is 4.90 Å². The summed E-state index contributed by atoms with van der Waals surface area (Å²) in [6.07, 6.45) is 9.54. The Labute approximate surface area is 351 Å².